The first-order valence-corrected chi connectivity index (χ1v) is 8.77. The predicted octanol–water partition coefficient (Wildman–Crippen LogP) is 6.02. The molecule has 0 aliphatic rings. The molecule has 1 unspecified atom stereocenters. The molecule has 0 aliphatic carbocycles. The Bertz CT molecular complexity index is 738. The summed E-state index contributed by atoms with van der Waals surface area (Å²) in [5.74, 6) is 0. The fourth-order valence-electron chi connectivity index (χ4n) is 2.06. The number of pyridine rings is 1. The Balaban J connectivity index is 1.96. The zero-order chi connectivity index (χ0) is 14.8. The van der Waals surface area contributed by atoms with Gasteiger partial charge in [0.15, 0.2) is 0 Å². The van der Waals surface area contributed by atoms with Gasteiger partial charge in [-0.15, -0.1) is 22.7 Å². The van der Waals surface area contributed by atoms with Gasteiger partial charge in [-0.3, -0.25) is 0 Å². The second-order valence-corrected chi connectivity index (χ2v) is 7.61. The van der Waals surface area contributed by atoms with Crippen LogP contribution in [0.4, 0.5) is 5.69 Å². The fraction of sp³-hybridized carbons (Fsp3) is 0.133. The summed E-state index contributed by atoms with van der Waals surface area (Å²) in [7, 11) is 0. The SMILES string of the molecule is Cc1nc(Cl)ccc1NC(c1cccs1)c1ccc(Cl)s1. The summed E-state index contributed by atoms with van der Waals surface area (Å²) in [6.45, 7) is 1.95. The van der Waals surface area contributed by atoms with Crippen LogP contribution in [0.5, 0.6) is 0 Å². The minimum atomic E-state index is 0.0733. The third-order valence-corrected chi connectivity index (χ3v) is 5.50. The van der Waals surface area contributed by atoms with Gasteiger partial charge in [0.1, 0.15) is 5.15 Å². The molecule has 0 saturated heterocycles. The van der Waals surface area contributed by atoms with Gasteiger partial charge in [-0.1, -0.05) is 29.3 Å². The number of halogens is 2. The standard InChI is InChI=1S/C15H12Cl2N2S2/c1-9-10(4-6-13(16)18-9)19-15(11-3-2-8-20-11)12-5-7-14(17)21-12/h2-8,15,19H,1H3. The summed E-state index contributed by atoms with van der Waals surface area (Å²) in [6, 6.07) is 12.0. The Hall–Kier alpha value is -1.07. The molecule has 0 saturated carbocycles. The molecule has 0 aromatic carbocycles. The molecule has 0 radical (unpaired) electrons. The Morgan fingerprint density at radius 3 is 2.57 bits per heavy atom. The van der Waals surface area contributed by atoms with E-state index < -0.39 is 0 Å². The number of aryl methyl sites for hydroxylation is 1. The summed E-state index contributed by atoms with van der Waals surface area (Å²) in [5.41, 5.74) is 1.86. The van der Waals surface area contributed by atoms with Crippen molar-refractivity contribution in [2.75, 3.05) is 5.32 Å². The predicted molar refractivity (Wildman–Crippen MR) is 93.1 cm³/mol. The largest absolute Gasteiger partial charge is 0.371 e. The van der Waals surface area contributed by atoms with Gasteiger partial charge in [0, 0.05) is 9.75 Å². The summed E-state index contributed by atoms with van der Waals surface area (Å²) in [4.78, 5) is 6.71. The van der Waals surface area contributed by atoms with E-state index in [1.54, 1.807) is 28.7 Å². The molecule has 0 spiro atoms. The highest BCUT2D eigenvalue weighted by Crippen LogP contribution is 2.36. The van der Waals surface area contributed by atoms with E-state index in [0.29, 0.717) is 5.15 Å². The van der Waals surface area contributed by atoms with E-state index in [1.807, 2.05) is 19.1 Å². The lowest BCUT2D eigenvalue weighted by molar-refractivity contribution is 0.981. The smallest absolute Gasteiger partial charge is 0.129 e. The summed E-state index contributed by atoms with van der Waals surface area (Å²) >= 11 is 15.3. The molecule has 21 heavy (non-hydrogen) atoms. The highest BCUT2D eigenvalue weighted by atomic mass is 35.5. The molecule has 108 valence electrons. The van der Waals surface area contributed by atoms with Crippen molar-refractivity contribution in [3.8, 4) is 0 Å². The molecule has 3 aromatic heterocycles. The molecular formula is C15H12Cl2N2S2. The molecule has 0 aliphatic heterocycles. The number of hydrogen-bond acceptors (Lipinski definition) is 4. The van der Waals surface area contributed by atoms with Crippen LogP contribution in [0.25, 0.3) is 0 Å². The van der Waals surface area contributed by atoms with Gasteiger partial charge in [0.05, 0.1) is 21.8 Å². The second kappa shape index (κ2) is 6.36. The molecule has 0 bridgehead atoms. The van der Waals surface area contributed by atoms with Crippen LogP contribution in [-0.4, -0.2) is 4.98 Å². The van der Waals surface area contributed by atoms with Crippen molar-refractivity contribution in [2.24, 2.45) is 0 Å². The number of hydrogen-bond donors (Lipinski definition) is 1. The van der Waals surface area contributed by atoms with Crippen molar-refractivity contribution in [1.29, 1.82) is 0 Å². The second-order valence-electron chi connectivity index (χ2n) is 4.50. The Morgan fingerprint density at radius 1 is 1.10 bits per heavy atom. The van der Waals surface area contributed by atoms with Crippen LogP contribution < -0.4 is 5.32 Å². The van der Waals surface area contributed by atoms with E-state index in [2.05, 4.69) is 33.9 Å². The Morgan fingerprint density at radius 2 is 1.95 bits per heavy atom. The van der Waals surface area contributed by atoms with Crippen LogP contribution >= 0.6 is 45.9 Å². The van der Waals surface area contributed by atoms with Gasteiger partial charge < -0.3 is 5.32 Å². The maximum absolute atomic E-state index is 6.09. The van der Waals surface area contributed by atoms with Crippen molar-refractivity contribution in [1.82, 2.24) is 4.98 Å². The van der Waals surface area contributed by atoms with Crippen molar-refractivity contribution in [3.63, 3.8) is 0 Å². The third-order valence-electron chi connectivity index (χ3n) is 3.06. The number of aromatic nitrogens is 1. The third kappa shape index (κ3) is 3.40. The number of thiophene rings is 2. The van der Waals surface area contributed by atoms with Gasteiger partial charge in [-0.05, 0) is 42.6 Å². The first kappa shape index (κ1) is 14.9. The molecule has 2 nitrogen and oxygen atoms in total. The zero-order valence-corrected chi connectivity index (χ0v) is 14.3. The molecule has 6 heteroatoms. The minimum absolute atomic E-state index is 0.0733. The van der Waals surface area contributed by atoms with Crippen molar-refractivity contribution < 1.29 is 0 Å². The number of nitrogens with zero attached hydrogens (tertiary/aromatic N) is 1. The van der Waals surface area contributed by atoms with Crippen molar-refractivity contribution in [2.45, 2.75) is 13.0 Å². The van der Waals surface area contributed by atoms with Crippen molar-refractivity contribution >= 4 is 51.6 Å². The van der Waals surface area contributed by atoms with Crippen LogP contribution in [0, 0.1) is 6.92 Å². The molecule has 1 N–H and O–H groups in total. The molecule has 0 amide bonds. The Labute approximate surface area is 141 Å². The lowest BCUT2D eigenvalue weighted by Crippen LogP contribution is -2.11. The summed E-state index contributed by atoms with van der Waals surface area (Å²) in [6.07, 6.45) is 0. The normalized spacial score (nSPS) is 12.3. The lowest BCUT2D eigenvalue weighted by Gasteiger charge is -2.18. The minimum Gasteiger partial charge on any atom is -0.371 e. The molecule has 1 atom stereocenters. The van der Waals surface area contributed by atoms with E-state index in [0.717, 1.165) is 15.7 Å². The molecule has 3 aromatic rings. The number of anilines is 1. The van der Waals surface area contributed by atoms with Crippen LogP contribution in [0.2, 0.25) is 9.49 Å². The highest BCUT2D eigenvalue weighted by molar-refractivity contribution is 7.16. The fourth-order valence-corrected chi connectivity index (χ4v) is 4.25. The van der Waals surface area contributed by atoms with Crippen LogP contribution in [-0.2, 0) is 0 Å². The van der Waals surface area contributed by atoms with Gasteiger partial charge in [0.25, 0.3) is 0 Å². The quantitative estimate of drug-likeness (QED) is 0.579. The van der Waals surface area contributed by atoms with Crippen LogP contribution in [0.3, 0.4) is 0 Å². The van der Waals surface area contributed by atoms with Gasteiger partial charge in [-0.2, -0.15) is 0 Å². The molecule has 0 fully saturated rings. The molecular weight excluding hydrogens is 343 g/mol. The van der Waals surface area contributed by atoms with E-state index in [1.165, 1.54) is 9.75 Å². The first-order chi connectivity index (χ1) is 10.1. The van der Waals surface area contributed by atoms with E-state index in [9.17, 15) is 0 Å². The van der Waals surface area contributed by atoms with E-state index in [4.69, 9.17) is 23.2 Å². The zero-order valence-electron chi connectivity index (χ0n) is 11.1. The lowest BCUT2D eigenvalue weighted by atomic mass is 10.2. The van der Waals surface area contributed by atoms with Gasteiger partial charge in [0.2, 0.25) is 0 Å². The average Bonchev–Trinajstić information content (AvgIpc) is 3.09. The van der Waals surface area contributed by atoms with Gasteiger partial charge in [-0.25, -0.2) is 4.98 Å². The number of rotatable bonds is 4. The topological polar surface area (TPSA) is 24.9 Å². The summed E-state index contributed by atoms with van der Waals surface area (Å²) < 4.78 is 0.791. The monoisotopic (exact) mass is 354 g/mol. The van der Waals surface area contributed by atoms with Crippen LogP contribution in [0.1, 0.15) is 21.5 Å². The van der Waals surface area contributed by atoms with Crippen LogP contribution in [0.15, 0.2) is 41.8 Å². The van der Waals surface area contributed by atoms with E-state index >= 15 is 0 Å². The molecule has 3 heterocycles. The average molecular weight is 355 g/mol. The first-order valence-electron chi connectivity index (χ1n) is 6.32. The maximum Gasteiger partial charge on any atom is 0.129 e. The van der Waals surface area contributed by atoms with E-state index in [-0.39, 0.29) is 6.04 Å². The highest BCUT2D eigenvalue weighted by Gasteiger charge is 2.18. The molecule has 3 rings (SSSR count). The summed E-state index contributed by atoms with van der Waals surface area (Å²) in [5, 5.41) is 6.13. The number of nitrogens with one attached hydrogen (secondary N) is 1. The van der Waals surface area contributed by atoms with Gasteiger partial charge >= 0.3 is 0 Å². The van der Waals surface area contributed by atoms with Crippen molar-refractivity contribution in [3.05, 3.63) is 66.7 Å². The Kier molecular flexibility index (Phi) is 4.50. The maximum atomic E-state index is 6.09.